The molecular formula is C20H36O2. The zero-order valence-electron chi connectivity index (χ0n) is 15.4. The van der Waals surface area contributed by atoms with Gasteiger partial charge in [0.15, 0.2) is 0 Å². The Bertz CT molecular complexity index is 368. The first kappa shape index (κ1) is 17.8. The summed E-state index contributed by atoms with van der Waals surface area (Å²) in [6.45, 7) is 12.3. The predicted molar refractivity (Wildman–Crippen MR) is 91.5 cm³/mol. The average Bonchev–Trinajstić information content (AvgIpc) is 3.29. The molecule has 0 spiro atoms. The predicted octanol–water partition coefficient (Wildman–Crippen LogP) is 5.45. The Morgan fingerprint density at radius 3 is 2.32 bits per heavy atom. The largest absolute Gasteiger partial charge is 0.465 e. The molecule has 2 heteroatoms. The molecule has 128 valence electrons. The van der Waals surface area contributed by atoms with Gasteiger partial charge in [-0.1, -0.05) is 53.9 Å². The lowest BCUT2D eigenvalue weighted by atomic mass is 9.69. The highest BCUT2D eigenvalue weighted by molar-refractivity contribution is 5.74. The second-order valence-corrected chi connectivity index (χ2v) is 9.16. The van der Waals surface area contributed by atoms with E-state index in [1.807, 2.05) is 0 Å². The summed E-state index contributed by atoms with van der Waals surface area (Å²) in [7, 11) is 0. The zero-order valence-corrected chi connectivity index (χ0v) is 15.4. The summed E-state index contributed by atoms with van der Waals surface area (Å²) < 4.78 is 5.54. The van der Waals surface area contributed by atoms with Gasteiger partial charge in [0.25, 0.3) is 0 Å². The Morgan fingerprint density at radius 1 is 1.09 bits per heavy atom. The van der Waals surface area contributed by atoms with Crippen LogP contribution in [0.5, 0.6) is 0 Å². The maximum atomic E-state index is 11.7. The van der Waals surface area contributed by atoms with E-state index in [-0.39, 0.29) is 17.3 Å². The van der Waals surface area contributed by atoms with Crippen LogP contribution in [0.15, 0.2) is 0 Å². The standard InChI is InChI=1S/C20H36O2/c1-14(2)17-7-6-8-18(11-17)15(3)12-20(4,5)13-22-19(21)16-9-10-16/h14-18H,6-13H2,1-5H3. The molecule has 0 aromatic rings. The van der Waals surface area contributed by atoms with Gasteiger partial charge in [-0.2, -0.15) is 0 Å². The summed E-state index contributed by atoms with van der Waals surface area (Å²) in [6, 6.07) is 0. The third kappa shape index (κ3) is 5.28. The fourth-order valence-corrected chi connectivity index (χ4v) is 4.19. The maximum absolute atomic E-state index is 11.7. The molecule has 0 aromatic carbocycles. The van der Waals surface area contributed by atoms with E-state index in [9.17, 15) is 4.79 Å². The van der Waals surface area contributed by atoms with Crippen LogP contribution in [0.25, 0.3) is 0 Å². The van der Waals surface area contributed by atoms with Crippen molar-refractivity contribution in [2.24, 2.45) is 35.0 Å². The molecule has 3 unspecified atom stereocenters. The lowest BCUT2D eigenvalue weighted by Crippen LogP contribution is -2.30. The number of rotatable bonds is 7. The fraction of sp³-hybridized carbons (Fsp3) is 0.950. The van der Waals surface area contributed by atoms with Crippen LogP contribution in [0.2, 0.25) is 0 Å². The van der Waals surface area contributed by atoms with Crippen molar-refractivity contribution in [1.82, 2.24) is 0 Å². The van der Waals surface area contributed by atoms with E-state index in [0.717, 1.165) is 36.5 Å². The quantitative estimate of drug-likeness (QED) is 0.584. The summed E-state index contributed by atoms with van der Waals surface area (Å²) in [5.74, 6) is 3.59. The molecule has 0 radical (unpaired) electrons. The fourth-order valence-electron chi connectivity index (χ4n) is 4.19. The van der Waals surface area contributed by atoms with Crippen LogP contribution in [0.1, 0.15) is 79.6 Å². The molecule has 0 aliphatic heterocycles. The van der Waals surface area contributed by atoms with E-state index in [1.165, 1.54) is 32.1 Å². The van der Waals surface area contributed by atoms with Crippen LogP contribution in [-0.4, -0.2) is 12.6 Å². The van der Waals surface area contributed by atoms with E-state index < -0.39 is 0 Å². The minimum atomic E-state index is 0.0401. The Kier molecular flexibility index (Phi) is 5.96. The molecule has 3 atom stereocenters. The molecule has 0 aromatic heterocycles. The Balaban J connectivity index is 1.78. The van der Waals surface area contributed by atoms with Crippen LogP contribution in [0.4, 0.5) is 0 Å². The van der Waals surface area contributed by atoms with Crippen LogP contribution in [0.3, 0.4) is 0 Å². The number of hydrogen-bond donors (Lipinski definition) is 0. The van der Waals surface area contributed by atoms with Gasteiger partial charge in [-0.3, -0.25) is 4.79 Å². The smallest absolute Gasteiger partial charge is 0.308 e. The van der Waals surface area contributed by atoms with E-state index >= 15 is 0 Å². The second-order valence-electron chi connectivity index (χ2n) is 9.16. The number of hydrogen-bond acceptors (Lipinski definition) is 2. The second kappa shape index (κ2) is 7.36. The first-order valence-electron chi connectivity index (χ1n) is 9.45. The Labute approximate surface area is 137 Å². The monoisotopic (exact) mass is 308 g/mol. The van der Waals surface area contributed by atoms with Crippen molar-refractivity contribution in [2.45, 2.75) is 79.6 Å². The van der Waals surface area contributed by atoms with Crippen molar-refractivity contribution in [3.8, 4) is 0 Å². The highest BCUT2D eigenvalue weighted by Crippen LogP contribution is 2.41. The van der Waals surface area contributed by atoms with E-state index in [1.54, 1.807) is 0 Å². The Morgan fingerprint density at radius 2 is 1.73 bits per heavy atom. The molecule has 22 heavy (non-hydrogen) atoms. The van der Waals surface area contributed by atoms with Gasteiger partial charge >= 0.3 is 5.97 Å². The Hall–Kier alpha value is -0.530. The lowest BCUT2D eigenvalue weighted by Gasteiger charge is -2.38. The first-order chi connectivity index (χ1) is 10.3. The van der Waals surface area contributed by atoms with Gasteiger partial charge in [-0.05, 0) is 54.8 Å². The van der Waals surface area contributed by atoms with Gasteiger partial charge in [0.2, 0.25) is 0 Å². The van der Waals surface area contributed by atoms with Gasteiger partial charge < -0.3 is 4.74 Å². The average molecular weight is 309 g/mol. The van der Waals surface area contributed by atoms with Crippen molar-refractivity contribution in [2.75, 3.05) is 6.61 Å². The van der Waals surface area contributed by atoms with Crippen LogP contribution >= 0.6 is 0 Å². The van der Waals surface area contributed by atoms with Gasteiger partial charge in [0.1, 0.15) is 0 Å². The number of esters is 1. The molecule has 2 rings (SSSR count). The summed E-state index contributed by atoms with van der Waals surface area (Å²) in [6.07, 6.45) is 8.85. The number of carbonyl (C=O) groups is 1. The van der Waals surface area contributed by atoms with Crippen molar-refractivity contribution in [3.63, 3.8) is 0 Å². The van der Waals surface area contributed by atoms with Crippen molar-refractivity contribution < 1.29 is 9.53 Å². The van der Waals surface area contributed by atoms with Gasteiger partial charge in [0.05, 0.1) is 12.5 Å². The normalized spacial score (nSPS) is 27.7. The van der Waals surface area contributed by atoms with E-state index in [0.29, 0.717) is 6.61 Å². The summed E-state index contributed by atoms with van der Waals surface area (Å²) in [4.78, 5) is 11.7. The summed E-state index contributed by atoms with van der Waals surface area (Å²) in [5.41, 5.74) is 0.106. The molecule has 0 saturated heterocycles. The third-order valence-electron chi connectivity index (χ3n) is 5.89. The van der Waals surface area contributed by atoms with E-state index in [4.69, 9.17) is 4.74 Å². The van der Waals surface area contributed by atoms with Crippen LogP contribution in [0, 0.1) is 35.0 Å². The molecule has 0 heterocycles. The topological polar surface area (TPSA) is 26.3 Å². The summed E-state index contributed by atoms with van der Waals surface area (Å²) in [5, 5.41) is 0. The minimum Gasteiger partial charge on any atom is -0.465 e. The SMILES string of the molecule is CC(C)C1CCCC(C(C)CC(C)(C)COC(=O)C2CC2)C1. The molecule has 2 aliphatic carbocycles. The van der Waals surface area contributed by atoms with Crippen molar-refractivity contribution in [1.29, 1.82) is 0 Å². The van der Waals surface area contributed by atoms with Crippen molar-refractivity contribution >= 4 is 5.97 Å². The number of carbonyl (C=O) groups excluding carboxylic acids is 1. The third-order valence-corrected chi connectivity index (χ3v) is 5.89. The molecule has 0 bridgehead atoms. The van der Waals surface area contributed by atoms with Crippen molar-refractivity contribution in [3.05, 3.63) is 0 Å². The molecule has 2 aliphatic rings. The highest BCUT2D eigenvalue weighted by atomic mass is 16.5. The zero-order chi connectivity index (χ0) is 16.3. The molecule has 2 fully saturated rings. The van der Waals surface area contributed by atoms with Gasteiger partial charge in [0, 0.05) is 0 Å². The van der Waals surface area contributed by atoms with Gasteiger partial charge in [-0.25, -0.2) is 0 Å². The highest BCUT2D eigenvalue weighted by Gasteiger charge is 2.34. The van der Waals surface area contributed by atoms with Gasteiger partial charge in [-0.15, -0.1) is 0 Å². The van der Waals surface area contributed by atoms with Crippen LogP contribution < -0.4 is 0 Å². The van der Waals surface area contributed by atoms with Crippen LogP contribution in [-0.2, 0) is 9.53 Å². The first-order valence-corrected chi connectivity index (χ1v) is 9.45. The number of ether oxygens (including phenoxy) is 1. The van der Waals surface area contributed by atoms with E-state index in [2.05, 4.69) is 34.6 Å². The molecule has 0 amide bonds. The molecule has 0 N–H and O–H groups in total. The summed E-state index contributed by atoms with van der Waals surface area (Å²) >= 11 is 0. The lowest BCUT2D eigenvalue weighted by molar-refractivity contribution is -0.148. The molecule has 2 nitrogen and oxygen atoms in total. The molecule has 2 saturated carbocycles. The minimum absolute atomic E-state index is 0.0401. The molecular weight excluding hydrogens is 272 g/mol. The maximum Gasteiger partial charge on any atom is 0.308 e.